The van der Waals surface area contributed by atoms with Gasteiger partial charge in [-0.3, -0.25) is 4.79 Å². The first kappa shape index (κ1) is 28.4. The van der Waals surface area contributed by atoms with Crippen LogP contribution in [0.5, 0.6) is 11.5 Å². The van der Waals surface area contributed by atoms with Crippen molar-refractivity contribution in [3.8, 4) is 23.1 Å². The summed E-state index contributed by atoms with van der Waals surface area (Å²) in [6.45, 7) is 2.41. The SMILES string of the molecule is COc1cc(C=Nn2c(-c3cc4cc(Br)ccc4o3)nc3ccccc3c2=O)c(Br)c(Br)c1OCc1cccc(C)c1. The van der Waals surface area contributed by atoms with Gasteiger partial charge in [-0.15, -0.1) is 0 Å². The Balaban J connectivity index is 1.43. The average molecular weight is 752 g/mol. The fourth-order valence-electron chi connectivity index (χ4n) is 4.58. The number of furan rings is 1. The highest BCUT2D eigenvalue weighted by Crippen LogP contribution is 2.42. The quantitative estimate of drug-likeness (QED) is 0.152. The molecule has 0 radical (unpaired) electrons. The molecule has 4 aromatic carbocycles. The lowest BCUT2D eigenvalue weighted by Crippen LogP contribution is -2.20. The molecule has 0 saturated carbocycles. The summed E-state index contributed by atoms with van der Waals surface area (Å²) in [5, 5.41) is 5.91. The van der Waals surface area contributed by atoms with Gasteiger partial charge < -0.3 is 13.9 Å². The number of ether oxygens (including phenoxy) is 2. The van der Waals surface area contributed by atoms with E-state index in [2.05, 4.69) is 59.0 Å². The van der Waals surface area contributed by atoms with Crippen LogP contribution in [0.25, 0.3) is 33.5 Å². The highest BCUT2D eigenvalue weighted by molar-refractivity contribution is 9.13. The van der Waals surface area contributed by atoms with Crippen LogP contribution in [0.1, 0.15) is 16.7 Å². The van der Waals surface area contributed by atoms with Gasteiger partial charge in [0, 0.05) is 19.9 Å². The van der Waals surface area contributed by atoms with Crippen LogP contribution in [0.4, 0.5) is 0 Å². The second-order valence-corrected chi connectivity index (χ2v) is 12.0. The first-order valence-electron chi connectivity index (χ1n) is 12.8. The Bertz CT molecular complexity index is 2070. The molecule has 0 aliphatic carbocycles. The number of rotatable bonds is 7. The predicted molar refractivity (Wildman–Crippen MR) is 176 cm³/mol. The lowest BCUT2D eigenvalue weighted by molar-refractivity contribution is 0.282. The molecule has 42 heavy (non-hydrogen) atoms. The van der Waals surface area contributed by atoms with E-state index >= 15 is 0 Å². The van der Waals surface area contributed by atoms with Gasteiger partial charge in [0.25, 0.3) is 5.56 Å². The zero-order chi connectivity index (χ0) is 29.4. The van der Waals surface area contributed by atoms with Gasteiger partial charge in [0.1, 0.15) is 12.2 Å². The monoisotopic (exact) mass is 749 g/mol. The summed E-state index contributed by atoms with van der Waals surface area (Å²) in [6, 6.07) is 24.6. The molecule has 7 nitrogen and oxygen atoms in total. The minimum absolute atomic E-state index is 0.280. The molecule has 0 N–H and O–H groups in total. The van der Waals surface area contributed by atoms with Gasteiger partial charge in [0.2, 0.25) is 5.82 Å². The maximum Gasteiger partial charge on any atom is 0.282 e. The molecule has 6 aromatic rings. The minimum atomic E-state index is -0.325. The number of benzene rings is 4. The zero-order valence-corrected chi connectivity index (χ0v) is 27.2. The highest BCUT2D eigenvalue weighted by Gasteiger charge is 2.19. The van der Waals surface area contributed by atoms with Gasteiger partial charge in [-0.25, -0.2) is 4.98 Å². The van der Waals surface area contributed by atoms with Gasteiger partial charge in [-0.05, 0) is 86.8 Å². The van der Waals surface area contributed by atoms with Crippen LogP contribution in [0.15, 0.2) is 107 Å². The molecule has 0 saturated heterocycles. The van der Waals surface area contributed by atoms with Gasteiger partial charge in [-0.2, -0.15) is 9.78 Å². The van der Waals surface area contributed by atoms with E-state index in [9.17, 15) is 4.79 Å². The third-order valence-electron chi connectivity index (χ3n) is 6.61. The van der Waals surface area contributed by atoms with E-state index in [1.807, 2.05) is 55.5 Å². The Morgan fingerprint density at radius 1 is 0.976 bits per heavy atom. The molecule has 0 fully saturated rings. The summed E-state index contributed by atoms with van der Waals surface area (Å²) >= 11 is 10.8. The molecule has 0 atom stereocenters. The standard InChI is InChI=1S/C32H22Br3N3O4/c1-18-6-5-7-19(12-18)17-41-30-26(40-2)15-21(28(34)29(30)35)16-36-38-31(37-24-9-4-3-8-23(24)32(38)39)27-14-20-13-22(33)10-11-25(20)42-27/h3-16H,17H2,1-2H3. The van der Waals surface area contributed by atoms with Crippen LogP contribution in [0.2, 0.25) is 0 Å². The molecule has 0 spiro atoms. The van der Waals surface area contributed by atoms with E-state index < -0.39 is 0 Å². The molecule has 2 aromatic heterocycles. The van der Waals surface area contributed by atoms with E-state index in [1.54, 1.807) is 37.6 Å². The minimum Gasteiger partial charge on any atom is -0.493 e. The maximum absolute atomic E-state index is 13.7. The number of para-hydroxylation sites is 1. The smallest absolute Gasteiger partial charge is 0.282 e. The first-order valence-corrected chi connectivity index (χ1v) is 15.2. The average Bonchev–Trinajstić information content (AvgIpc) is 3.41. The maximum atomic E-state index is 13.7. The number of halogens is 3. The lowest BCUT2D eigenvalue weighted by Gasteiger charge is -2.15. The molecular weight excluding hydrogens is 730 g/mol. The summed E-state index contributed by atoms with van der Waals surface area (Å²) in [7, 11) is 1.58. The molecule has 210 valence electrons. The summed E-state index contributed by atoms with van der Waals surface area (Å²) in [6.07, 6.45) is 1.57. The van der Waals surface area contributed by atoms with Crippen molar-refractivity contribution in [3.63, 3.8) is 0 Å². The van der Waals surface area contributed by atoms with Gasteiger partial charge in [0.15, 0.2) is 17.3 Å². The van der Waals surface area contributed by atoms with E-state index in [0.29, 0.717) is 54.9 Å². The van der Waals surface area contributed by atoms with Gasteiger partial charge in [-0.1, -0.05) is 57.9 Å². The van der Waals surface area contributed by atoms with Crippen LogP contribution in [-0.4, -0.2) is 23.0 Å². The Kier molecular flexibility index (Phi) is 8.02. The Labute approximate surface area is 266 Å². The molecule has 6 rings (SSSR count). The summed E-state index contributed by atoms with van der Waals surface area (Å²) in [5.41, 5.74) is 3.74. The number of aromatic nitrogens is 2. The van der Waals surface area contributed by atoms with Crippen molar-refractivity contribution in [1.82, 2.24) is 9.66 Å². The van der Waals surface area contributed by atoms with E-state index in [0.717, 1.165) is 21.0 Å². The molecule has 0 bridgehead atoms. The molecule has 2 heterocycles. The second kappa shape index (κ2) is 11.9. The van der Waals surface area contributed by atoms with Crippen molar-refractivity contribution in [1.29, 1.82) is 0 Å². The van der Waals surface area contributed by atoms with Crippen molar-refractivity contribution in [3.05, 3.63) is 119 Å². The number of hydrogen-bond donors (Lipinski definition) is 0. The molecular formula is C32H22Br3N3O4. The number of fused-ring (bicyclic) bond motifs is 2. The largest absolute Gasteiger partial charge is 0.493 e. The normalized spacial score (nSPS) is 11.5. The fraction of sp³-hybridized carbons (Fsp3) is 0.0938. The number of nitrogens with zero attached hydrogens (tertiary/aromatic N) is 3. The number of methoxy groups -OCH3 is 1. The van der Waals surface area contributed by atoms with Gasteiger partial charge >= 0.3 is 0 Å². The summed E-state index contributed by atoms with van der Waals surface area (Å²) in [4.78, 5) is 18.4. The summed E-state index contributed by atoms with van der Waals surface area (Å²) in [5.74, 6) is 1.75. The topological polar surface area (TPSA) is 78.9 Å². The van der Waals surface area contributed by atoms with Crippen LogP contribution in [0.3, 0.4) is 0 Å². The molecule has 0 aliphatic heterocycles. The Hall–Kier alpha value is -3.73. The first-order chi connectivity index (χ1) is 20.3. The fourth-order valence-corrected chi connectivity index (χ4v) is 5.89. The summed E-state index contributed by atoms with van der Waals surface area (Å²) < 4.78 is 21.4. The Morgan fingerprint density at radius 3 is 2.62 bits per heavy atom. The van der Waals surface area contributed by atoms with Crippen molar-refractivity contribution >= 4 is 75.9 Å². The van der Waals surface area contributed by atoms with Crippen molar-refractivity contribution < 1.29 is 13.9 Å². The zero-order valence-electron chi connectivity index (χ0n) is 22.4. The highest BCUT2D eigenvalue weighted by atomic mass is 79.9. The van der Waals surface area contributed by atoms with Crippen LogP contribution in [0, 0.1) is 6.92 Å². The molecule has 0 aliphatic rings. The van der Waals surface area contributed by atoms with Crippen LogP contribution < -0.4 is 15.0 Å². The number of aryl methyl sites for hydroxylation is 1. The van der Waals surface area contributed by atoms with E-state index in [4.69, 9.17) is 18.9 Å². The van der Waals surface area contributed by atoms with E-state index in [-0.39, 0.29) is 11.4 Å². The van der Waals surface area contributed by atoms with E-state index in [1.165, 1.54) is 4.68 Å². The lowest BCUT2D eigenvalue weighted by atomic mass is 10.1. The molecule has 0 amide bonds. The molecule has 0 unspecified atom stereocenters. The predicted octanol–water partition coefficient (Wildman–Crippen LogP) is 8.88. The Morgan fingerprint density at radius 2 is 1.81 bits per heavy atom. The van der Waals surface area contributed by atoms with Crippen LogP contribution in [-0.2, 0) is 6.61 Å². The third kappa shape index (κ3) is 5.54. The molecule has 10 heteroatoms. The van der Waals surface area contributed by atoms with Crippen molar-refractivity contribution in [2.45, 2.75) is 13.5 Å². The van der Waals surface area contributed by atoms with Crippen molar-refractivity contribution in [2.24, 2.45) is 5.10 Å². The van der Waals surface area contributed by atoms with Crippen LogP contribution >= 0.6 is 47.8 Å². The number of hydrogen-bond acceptors (Lipinski definition) is 6. The third-order valence-corrected chi connectivity index (χ3v) is 9.24. The second-order valence-electron chi connectivity index (χ2n) is 9.51. The van der Waals surface area contributed by atoms with Crippen molar-refractivity contribution in [2.75, 3.05) is 7.11 Å². The van der Waals surface area contributed by atoms with Gasteiger partial charge in [0.05, 0.1) is 28.7 Å².